The number of likely N-dealkylation sites (tertiary alicyclic amines) is 1. The van der Waals surface area contributed by atoms with Crippen molar-refractivity contribution in [1.82, 2.24) is 15.2 Å². The first-order chi connectivity index (χ1) is 13.6. The van der Waals surface area contributed by atoms with E-state index < -0.39 is 0 Å². The van der Waals surface area contributed by atoms with E-state index >= 15 is 0 Å². The Balaban J connectivity index is 1.51. The Hall–Kier alpha value is -3.09. The molecule has 0 spiro atoms. The van der Waals surface area contributed by atoms with Crippen LogP contribution in [0.2, 0.25) is 0 Å². The number of hydrogen-bond donors (Lipinski definition) is 2. The molecule has 0 unspecified atom stereocenters. The second-order valence-electron chi connectivity index (χ2n) is 6.81. The Kier molecular flexibility index (Phi) is 6.47. The van der Waals surface area contributed by atoms with Crippen LogP contribution in [0.5, 0.6) is 0 Å². The quantitative estimate of drug-likeness (QED) is 0.827. The molecular formula is C21H26N4O3. The van der Waals surface area contributed by atoms with Crippen molar-refractivity contribution < 1.29 is 14.3 Å². The minimum atomic E-state index is -0.284. The van der Waals surface area contributed by atoms with E-state index in [1.54, 1.807) is 30.2 Å². The van der Waals surface area contributed by atoms with Crippen LogP contribution < -0.4 is 10.6 Å². The molecule has 1 fully saturated rings. The maximum absolute atomic E-state index is 12.5. The van der Waals surface area contributed by atoms with E-state index in [9.17, 15) is 9.59 Å². The fourth-order valence-electron chi connectivity index (χ4n) is 3.14. The number of hydrogen-bond acceptors (Lipinski definition) is 5. The lowest BCUT2D eigenvalue weighted by atomic mass is 10.0. The number of piperidine rings is 1. The number of para-hydroxylation sites is 1. The van der Waals surface area contributed by atoms with E-state index in [4.69, 9.17) is 4.74 Å². The second-order valence-corrected chi connectivity index (χ2v) is 6.81. The van der Waals surface area contributed by atoms with Gasteiger partial charge in [0.1, 0.15) is 5.82 Å². The topological polar surface area (TPSA) is 83.6 Å². The third-order valence-corrected chi connectivity index (χ3v) is 4.79. The zero-order chi connectivity index (χ0) is 19.9. The van der Waals surface area contributed by atoms with Crippen molar-refractivity contribution in [2.24, 2.45) is 0 Å². The van der Waals surface area contributed by atoms with Crippen molar-refractivity contribution in [3.63, 3.8) is 0 Å². The third-order valence-electron chi connectivity index (χ3n) is 4.79. The van der Waals surface area contributed by atoms with Gasteiger partial charge in [-0.1, -0.05) is 18.2 Å². The predicted octanol–water partition coefficient (Wildman–Crippen LogP) is 3.48. The lowest BCUT2D eigenvalue weighted by molar-refractivity contribution is 0.0860. The summed E-state index contributed by atoms with van der Waals surface area (Å²) in [6, 6.07) is 11.6. The van der Waals surface area contributed by atoms with Crippen molar-refractivity contribution in [3.05, 3.63) is 53.7 Å². The van der Waals surface area contributed by atoms with Crippen LogP contribution in [0.1, 0.15) is 35.7 Å². The maximum Gasteiger partial charge on any atom is 0.409 e. The molecule has 0 atom stereocenters. The summed E-state index contributed by atoms with van der Waals surface area (Å²) in [5.74, 6) is 0.540. The van der Waals surface area contributed by atoms with Crippen molar-refractivity contribution in [2.45, 2.75) is 32.7 Å². The summed E-state index contributed by atoms with van der Waals surface area (Å²) in [5, 5.41) is 6.28. The van der Waals surface area contributed by atoms with Gasteiger partial charge in [-0.15, -0.1) is 0 Å². The summed E-state index contributed by atoms with van der Waals surface area (Å²) in [5.41, 5.74) is 2.63. The normalized spacial score (nSPS) is 14.4. The number of ether oxygens (including phenoxy) is 1. The van der Waals surface area contributed by atoms with Gasteiger partial charge in [-0.25, -0.2) is 9.78 Å². The van der Waals surface area contributed by atoms with Crippen LogP contribution in [0.3, 0.4) is 0 Å². The smallest absolute Gasteiger partial charge is 0.409 e. The molecule has 7 nitrogen and oxygen atoms in total. The van der Waals surface area contributed by atoms with Gasteiger partial charge in [0.2, 0.25) is 0 Å². The number of anilines is 2. The van der Waals surface area contributed by atoms with E-state index in [1.807, 2.05) is 31.2 Å². The maximum atomic E-state index is 12.5. The monoisotopic (exact) mass is 382 g/mol. The van der Waals surface area contributed by atoms with Gasteiger partial charge in [0.25, 0.3) is 5.91 Å². The van der Waals surface area contributed by atoms with Crippen molar-refractivity contribution in [1.29, 1.82) is 0 Å². The number of carbonyl (C=O) groups is 2. The number of carbonyl (C=O) groups excluding carboxylic acids is 2. The second kappa shape index (κ2) is 9.21. The highest BCUT2D eigenvalue weighted by Gasteiger charge is 2.24. The summed E-state index contributed by atoms with van der Waals surface area (Å²) >= 11 is 0. The number of rotatable bonds is 5. The van der Waals surface area contributed by atoms with Gasteiger partial charge < -0.3 is 20.3 Å². The number of benzene rings is 1. The SMILES string of the molecule is CCOC(=O)N1CCC(NC(=O)c2ccc(Nc3ccccc3C)nc2)CC1. The molecule has 1 aliphatic heterocycles. The highest BCUT2D eigenvalue weighted by Crippen LogP contribution is 2.19. The van der Waals surface area contributed by atoms with Gasteiger partial charge in [0.05, 0.1) is 12.2 Å². The van der Waals surface area contributed by atoms with Crippen LogP contribution >= 0.6 is 0 Å². The lowest BCUT2D eigenvalue weighted by Crippen LogP contribution is -2.46. The molecule has 0 saturated carbocycles. The molecule has 1 aliphatic rings. The molecule has 28 heavy (non-hydrogen) atoms. The zero-order valence-electron chi connectivity index (χ0n) is 16.3. The van der Waals surface area contributed by atoms with Gasteiger partial charge in [-0.2, -0.15) is 0 Å². The van der Waals surface area contributed by atoms with Crippen LogP contribution in [-0.2, 0) is 4.74 Å². The molecule has 0 radical (unpaired) electrons. The molecule has 2 heterocycles. The van der Waals surface area contributed by atoms with Gasteiger partial charge in [-0.05, 0) is 50.5 Å². The first kappa shape index (κ1) is 19.7. The highest BCUT2D eigenvalue weighted by molar-refractivity contribution is 5.94. The predicted molar refractivity (Wildman–Crippen MR) is 108 cm³/mol. The van der Waals surface area contributed by atoms with Crippen LogP contribution in [0.4, 0.5) is 16.3 Å². The number of nitrogens with zero attached hydrogens (tertiary/aromatic N) is 2. The molecule has 0 bridgehead atoms. The molecule has 1 aromatic heterocycles. The summed E-state index contributed by atoms with van der Waals surface area (Å²) in [7, 11) is 0. The molecule has 2 amide bonds. The summed E-state index contributed by atoms with van der Waals surface area (Å²) in [6.45, 7) is 5.36. The fourth-order valence-corrected chi connectivity index (χ4v) is 3.14. The first-order valence-electron chi connectivity index (χ1n) is 9.58. The van der Waals surface area contributed by atoms with E-state index in [1.165, 1.54) is 0 Å². The van der Waals surface area contributed by atoms with Crippen molar-refractivity contribution in [2.75, 3.05) is 25.0 Å². The van der Waals surface area contributed by atoms with Gasteiger partial charge in [0, 0.05) is 31.0 Å². The van der Waals surface area contributed by atoms with E-state index in [-0.39, 0.29) is 18.0 Å². The molecule has 0 aliphatic carbocycles. The first-order valence-corrected chi connectivity index (χ1v) is 9.58. The Labute approximate surface area is 165 Å². The van der Waals surface area contributed by atoms with E-state index in [0.29, 0.717) is 43.9 Å². The molecule has 2 aromatic rings. The molecular weight excluding hydrogens is 356 g/mol. The Bertz CT molecular complexity index is 815. The minimum absolute atomic E-state index is 0.0444. The Morgan fingerprint density at radius 2 is 1.93 bits per heavy atom. The summed E-state index contributed by atoms with van der Waals surface area (Å²) < 4.78 is 5.01. The lowest BCUT2D eigenvalue weighted by Gasteiger charge is -2.31. The molecule has 7 heteroatoms. The number of aryl methyl sites for hydroxylation is 1. The van der Waals surface area contributed by atoms with Crippen LogP contribution in [-0.4, -0.2) is 47.6 Å². The number of aromatic nitrogens is 1. The molecule has 148 valence electrons. The average molecular weight is 382 g/mol. The van der Waals surface area contributed by atoms with Crippen molar-refractivity contribution >= 4 is 23.5 Å². The van der Waals surface area contributed by atoms with Crippen molar-refractivity contribution in [3.8, 4) is 0 Å². The van der Waals surface area contributed by atoms with Gasteiger partial charge in [0.15, 0.2) is 0 Å². The molecule has 1 saturated heterocycles. The molecule has 2 N–H and O–H groups in total. The number of pyridine rings is 1. The largest absolute Gasteiger partial charge is 0.450 e. The third kappa shape index (κ3) is 5.00. The van der Waals surface area contributed by atoms with Gasteiger partial charge in [-0.3, -0.25) is 4.79 Å². The standard InChI is InChI=1S/C21H26N4O3/c1-3-28-21(27)25-12-10-17(11-13-25)23-20(26)16-8-9-19(22-14-16)24-18-7-5-4-6-15(18)2/h4-9,14,17H,3,10-13H2,1-2H3,(H,22,24)(H,23,26). The van der Waals surface area contributed by atoms with E-state index in [2.05, 4.69) is 15.6 Å². The highest BCUT2D eigenvalue weighted by atomic mass is 16.6. The summed E-state index contributed by atoms with van der Waals surface area (Å²) in [4.78, 5) is 30.2. The van der Waals surface area contributed by atoms with Crippen LogP contribution in [0, 0.1) is 6.92 Å². The minimum Gasteiger partial charge on any atom is -0.450 e. The Morgan fingerprint density at radius 1 is 1.18 bits per heavy atom. The zero-order valence-corrected chi connectivity index (χ0v) is 16.3. The van der Waals surface area contributed by atoms with Crippen LogP contribution in [0.25, 0.3) is 0 Å². The fraction of sp³-hybridized carbons (Fsp3) is 0.381. The number of nitrogens with one attached hydrogen (secondary N) is 2. The Morgan fingerprint density at radius 3 is 2.57 bits per heavy atom. The summed E-state index contributed by atoms with van der Waals surface area (Å²) in [6.07, 6.45) is 2.72. The number of amides is 2. The van der Waals surface area contributed by atoms with E-state index in [0.717, 1.165) is 11.3 Å². The van der Waals surface area contributed by atoms with Gasteiger partial charge >= 0.3 is 6.09 Å². The average Bonchev–Trinajstić information content (AvgIpc) is 2.71. The molecule has 1 aromatic carbocycles. The van der Waals surface area contributed by atoms with Crippen LogP contribution in [0.15, 0.2) is 42.6 Å². The molecule has 3 rings (SSSR count).